The Kier molecular flexibility index (Phi) is 6.28. The van der Waals surface area contributed by atoms with Crippen molar-refractivity contribution >= 4 is 11.0 Å². The fourth-order valence-corrected chi connectivity index (χ4v) is 4.39. The molecule has 2 aromatic carbocycles. The van der Waals surface area contributed by atoms with Crippen LogP contribution in [0.5, 0.6) is 23.0 Å². The molecule has 0 bridgehead atoms. The highest BCUT2D eigenvalue weighted by molar-refractivity contribution is 5.86. The normalized spacial score (nSPS) is 13.5. The molecule has 3 aromatic rings. The highest BCUT2D eigenvalue weighted by Gasteiger charge is 2.24. The van der Waals surface area contributed by atoms with Crippen LogP contribution in [0.25, 0.3) is 11.0 Å². The Morgan fingerprint density at radius 1 is 1.03 bits per heavy atom. The van der Waals surface area contributed by atoms with E-state index >= 15 is 0 Å². The molecule has 0 unspecified atom stereocenters. The smallest absolute Gasteiger partial charge is 0.336 e. The minimum absolute atomic E-state index is 0.316. The van der Waals surface area contributed by atoms with E-state index in [0.717, 1.165) is 46.2 Å². The summed E-state index contributed by atoms with van der Waals surface area (Å²) in [5.41, 5.74) is 4.31. The van der Waals surface area contributed by atoms with Crippen LogP contribution in [0.2, 0.25) is 0 Å². The van der Waals surface area contributed by atoms with E-state index in [1.54, 1.807) is 27.4 Å². The van der Waals surface area contributed by atoms with Gasteiger partial charge in [-0.15, -0.1) is 0 Å². The number of benzene rings is 2. The van der Waals surface area contributed by atoms with E-state index in [4.69, 9.17) is 23.4 Å². The van der Waals surface area contributed by atoms with Crippen molar-refractivity contribution < 1.29 is 23.4 Å². The molecule has 4 rings (SSSR count). The third kappa shape index (κ3) is 4.00. The first-order valence-electron chi connectivity index (χ1n) is 10.7. The van der Waals surface area contributed by atoms with Gasteiger partial charge in [-0.05, 0) is 42.7 Å². The van der Waals surface area contributed by atoms with Crippen LogP contribution < -0.4 is 24.6 Å². The van der Waals surface area contributed by atoms with Crippen molar-refractivity contribution in [3.8, 4) is 23.0 Å². The van der Waals surface area contributed by atoms with E-state index in [1.807, 2.05) is 19.1 Å². The Hall–Kier alpha value is -3.19. The molecule has 0 saturated carbocycles. The van der Waals surface area contributed by atoms with Gasteiger partial charge in [0.2, 0.25) is 5.75 Å². The van der Waals surface area contributed by atoms with Gasteiger partial charge in [0.25, 0.3) is 0 Å². The first kappa shape index (κ1) is 22.0. The largest absolute Gasteiger partial charge is 0.493 e. The molecule has 170 valence electrons. The molecular weight excluding hydrogens is 410 g/mol. The first-order valence-corrected chi connectivity index (χ1v) is 10.7. The van der Waals surface area contributed by atoms with Crippen molar-refractivity contribution in [2.75, 3.05) is 28.1 Å². The molecule has 7 nitrogen and oxygen atoms in total. The van der Waals surface area contributed by atoms with Crippen LogP contribution in [0.1, 0.15) is 35.6 Å². The highest BCUT2D eigenvalue weighted by atomic mass is 16.5. The minimum Gasteiger partial charge on any atom is -0.493 e. The molecule has 0 spiro atoms. The van der Waals surface area contributed by atoms with Gasteiger partial charge in [0.05, 0.1) is 21.3 Å². The lowest BCUT2D eigenvalue weighted by molar-refractivity contribution is 0.0879. The lowest BCUT2D eigenvalue weighted by Crippen LogP contribution is -2.32. The zero-order chi connectivity index (χ0) is 22.8. The molecular formula is C25H29NO6. The van der Waals surface area contributed by atoms with E-state index < -0.39 is 0 Å². The second-order valence-electron chi connectivity index (χ2n) is 8.00. The molecule has 7 heteroatoms. The summed E-state index contributed by atoms with van der Waals surface area (Å²) < 4.78 is 28.1. The zero-order valence-corrected chi connectivity index (χ0v) is 19.2. The summed E-state index contributed by atoms with van der Waals surface area (Å²) in [6, 6.07) is 7.62. The van der Waals surface area contributed by atoms with E-state index in [-0.39, 0.29) is 5.63 Å². The number of hydrogen-bond acceptors (Lipinski definition) is 7. The molecule has 1 aliphatic rings. The van der Waals surface area contributed by atoms with Gasteiger partial charge in [-0.3, -0.25) is 4.90 Å². The Bertz CT molecular complexity index is 1170. The number of aryl methyl sites for hydroxylation is 2. The molecule has 1 aromatic heterocycles. The summed E-state index contributed by atoms with van der Waals surface area (Å²) in [5, 5.41) is 0.987. The lowest BCUT2D eigenvalue weighted by Gasteiger charge is -2.30. The van der Waals surface area contributed by atoms with E-state index in [0.29, 0.717) is 42.7 Å². The number of hydrogen-bond donors (Lipinski definition) is 0. The molecule has 0 radical (unpaired) electrons. The first-order chi connectivity index (χ1) is 15.5. The Labute approximate surface area is 187 Å². The van der Waals surface area contributed by atoms with Gasteiger partial charge in [-0.1, -0.05) is 13.3 Å². The van der Waals surface area contributed by atoms with Crippen molar-refractivity contribution in [3.63, 3.8) is 0 Å². The second kappa shape index (κ2) is 9.12. The third-order valence-electron chi connectivity index (χ3n) is 5.81. The van der Waals surface area contributed by atoms with Gasteiger partial charge in [0.1, 0.15) is 18.1 Å². The maximum atomic E-state index is 12.1. The third-order valence-corrected chi connectivity index (χ3v) is 5.81. The summed E-state index contributed by atoms with van der Waals surface area (Å²) in [6.45, 7) is 5.85. The lowest BCUT2D eigenvalue weighted by atomic mass is 9.98. The number of nitrogens with zero attached hydrogens (tertiary/aromatic N) is 1. The molecule has 0 fully saturated rings. The highest BCUT2D eigenvalue weighted by Crippen LogP contribution is 2.40. The van der Waals surface area contributed by atoms with Gasteiger partial charge in [0.15, 0.2) is 11.5 Å². The van der Waals surface area contributed by atoms with Crippen molar-refractivity contribution in [1.82, 2.24) is 4.90 Å². The van der Waals surface area contributed by atoms with Crippen LogP contribution in [-0.2, 0) is 19.5 Å². The van der Waals surface area contributed by atoms with Crippen molar-refractivity contribution in [2.24, 2.45) is 0 Å². The van der Waals surface area contributed by atoms with Crippen LogP contribution >= 0.6 is 0 Å². The van der Waals surface area contributed by atoms with Gasteiger partial charge in [0, 0.05) is 35.7 Å². The Morgan fingerprint density at radius 2 is 1.75 bits per heavy atom. The topological polar surface area (TPSA) is 70.4 Å². The number of ether oxygens (including phenoxy) is 4. The predicted molar refractivity (Wildman–Crippen MR) is 122 cm³/mol. The van der Waals surface area contributed by atoms with Gasteiger partial charge >= 0.3 is 5.63 Å². The molecule has 0 saturated heterocycles. The number of methoxy groups -OCH3 is 3. The summed E-state index contributed by atoms with van der Waals surface area (Å²) in [6.07, 6.45) is 1.79. The van der Waals surface area contributed by atoms with E-state index in [9.17, 15) is 4.79 Å². The van der Waals surface area contributed by atoms with Crippen LogP contribution in [0.15, 0.2) is 33.5 Å². The second-order valence-corrected chi connectivity index (χ2v) is 8.00. The summed E-state index contributed by atoms with van der Waals surface area (Å²) in [7, 11) is 4.82. The maximum Gasteiger partial charge on any atom is 0.336 e. The monoisotopic (exact) mass is 439 g/mol. The van der Waals surface area contributed by atoms with Crippen LogP contribution in [0.4, 0.5) is 0 Å². The van der Waals surface area contributed by atoms with Crippen molar-refractivity contribution in [2.45, 2.75) is 39.8 Å². The van der Waals surface area contributed by atoms with Crippen molar-refractivity contribution in [3.05, 3.63) is 56.9 Å². The predicted octanol–water partition coefficient (Wildman–Crippen LogP) is 4.43. The molecule has 0 N–H and O–H groups in total. The number of fused-ring (bicyclic) bond motifs is 2. The molecule has 2 heterocycles. The average Bonchev–Trinajstić information content (AvgIpc) is 2.79. The molecule has 1 aliphatic heterocycles. The van der Waals surface area contributed by atoms with Crippen LogP contribution in [0, 0.1) is 6.92 Å². The minimum atomic E-state index is -0.316. The fourth-order valence-electron chi connectivity index (χ4n) is 4.39. The molecule has 0 aliphatic carbocycles. The fraction of sp³-hybridized carbons (Fsp3) is 0.400. The van der Waals surface area contributed by atoms with Crippen LogP contribution in [-0.4, -0.2) is 33.0 Å². The van der Waals surface area contributed by atoms with Crippen molar-refractivity contribution in [1.29, 1.82) is 0 Å². The molecule has 0 amide bonds. The van der Waals surface area contributed by atoms with Crippen LogP contribution in [0.3, 0.4) is 0 Å². The standard InChI is InChI=1S/C25H29NO6/c1-6-7-17-11-22(27)32-24-15(2)23-18(10-19(17)24)13-26(14-31-23)12-16-8-20(28-3)25(30-5)21(9-16)29-4/h8-11H,6-7,12-14H2,1-5H3. The van der Waals surface area contributed by atoms with E-state index in [2.05, 4.69) is 17.9 Å². The van der Waals surface area contributed by atoms with Gasteiger partial charge < -0.3 is 23.4 Å². The molecule has 32 heavy (non-hydrogen) atoms. The number of rotatable bonds is 7. The average molecular weight is 440 g/mol. The quantitative estimate of drug-likeness (QED) is 0.504. The summed E-state index contributed by atoms with van der Waals surface area (Å²) in [4.78, 5) is 14.3. The summed E-state index contributed by atoms with van der Waals surface area (Å²) in [5.74, 6) is 2.63. The van der Waals surface area contributed by atoms with E-state index in [1.165, 1.54) is 0 Å². The Morgan fingerprint density at radius 3 is 2.38 bits per heavy atom. The SMILES string of the molecule is CCCc1cc(=O)oc2c(C)c3c(cc12)CN(Cc1cc(OC)c(OC)c(OC)c1)CO3. The maximum absolute atomic E-state index is 12.1. The Balaban J connectivity index is 1.67. The van der Waals surface area contributed by atoms with Gasteiger partial charge in [-0.25, -0.2) is 4.79 Å². The zero-order valence-electron chi connectivity index (χ0n) is 19.2. The van der Waals surface area contributed by atoms with Gasteiger partial charge in [-0.2, -0.15) is 0 Å². The summed E-state index contributed by atoms with van der Waals surface area (Å²) >= 11 is 0. The molecule has 0 atom stereocenters.